The molecule has 0 aliphatic carbocycles. The van der Waals surface area contributed by atoms with E-state index in [-0.39, 0.29) is 11.2 Å². The van der Waals surface area contributed by atoms with Gasteiger partial charge in [0.15, 0.2) is 0 Å². The van der Waals surface area contributed by atoms with Crippen LogP contribution in [0, 0.1) is 5.82 Å². The summed E-state index contributed by atoms with van der Waals surface area (Å²) in [5, 5.41) is 6.64. The van der Waals surface area contributed by atoms with Crippen LogP contribution in [-0.2, 0) is 12.0 Å². The monoisotopic (exact) mass is 298 g/mol. The second-order valence-electron chi connectivity index (χ2n) is 5.35. The molecule has 5 heteroatoms. The van der Waals surface area contributed by atoms with Crippen molar-refractivity contribution in [2.45, 2.75) is 32.7 Å². The van der Waals surface area contributed by atoms with E-state index in [0.717, 1.165) is 10.7 Å². The number of halogens is 2. The molecule has 19 heavy (non-hydrogen) atoms. The molecule has 102 valence electrons. The molecule has 0 spiro atoms. The highest BCUT2D eigenvalue weighted by atomic mass is 35.5. The van der Waals surface area contributed by atoms with Crippen molar-refractivity contribution in [3.05, 3.63) is 45.1 Å². The van der Waals surface area contributed by atoms with E-state index in [4.69, 9.17) is 11.6 Å². The number of nitrogens with one attached hydrogen (secondary N) is 1. The molecular formula is C14H16ClFN2S. The summed E-state index contributed by atoms with van der Waals surface area (Å²) in [6.45, 7) is 6.93. The minimum absolute atomic E-state index is 0.0469. The second-order valence-corrected chi connectivity index (χ2v) is 6.70. The fraction of sp³-hybridized carbons (Fsp3) is 0.357. The van der Waals surface area contributed by atoms with E-state index in [1.54, 1.807) is 17.4 Å². The van der Waals surface area contributed by atoms with E-state index in [1.807, 2.05) is 0 Å². The minimum Gasteiger partial charge on any atom is -0.377 e. The van der Waals surface area contributed by atoms with Crippen LogP contribution in [0.2, 0.25) is 5.02 Å². The van der Waals surface area contributed by atoms with Gasteiger partial charge in [0.05, 0.1) is 22.9 Å². The van der Waals surface area contributed by atoms with Crippen molar-refractivity contribution >= 4 is 28.6 Å². The van der Waals surface area contributed by atoms with Crippen molar-refractivity contribution in [1.29, 1.82) is 0 Å². The average Bonchev–Trinajstić information content (AvgIpc) is 2.79. The van der Waals surface area contributed by atoms with E-state index in [1.165, 1.54) is 12.1 Å². The molecule has 0 atom stereocenters. The lowest BCUT2D eigenvalue weighted by Gasteiger charge is -2.14. The molecule has 1 aromatic carbocycles. The van der Waals surface area contributed by atoms with Gasteiger partial charge in [-0.05, 0) is 18.2 Å². The van der Waals surface area contributed by atoms with Crippen LogP contribution in [0.5, 0.6) is 0 Å². The quantitative estimate of drug-likeness (QED) is 0.876. The predicted molar refractivity (Wildman–Crippen MR) is 79.6 cm³/mol. The van der Waals surface area contributed by atoms with Crippen LogP contribution in [-0.4, -0.2) is 4.98 Å². The topological polar surface area (TPSA) is 24.9 Å². The van der Waals surface area contributed by atoms with Crippen LogP contribution in [0.15, 0.2) is 23.6 Å². The van der Waals surface area contributed by atoms with Crippen molar-refractivity contribution in [1.82, 2.24) is 4.98 Å². The molecule has 0 saturated heterocycles. The predicted octanol–water partition coefficient (Wildman–Crippen LogP) is 4.85. The number of benzene rings is 1. The zero-order valence-corrected chi connectivity index (χ0v) is 12.7. The minimum atomic E-state index is -0.304. The Labute approximate surface area is 121 Å². The first-order valence-electron chi connectivity index (χ1n) is 6.00. The SMILES string of the molecule is CC(C)(C)c1csc(CNc2cc(F)ccc2Cl)n1. The summed E-state index contributed by atoms with van der Waals surface area (Å²) in [7, 11) is 0. The highest BCUT2D eigenvalue weighted by Crippen LogP contribution is 2.26. The van der Waals surface area contributed by atoms with Gasteiger partial charge in [0.2, 0.25) is 0 Å². The van der Waals surface area contributed by atoms with Gasteiger partial charge in [-0.1, -0.05) is 32.4 Å². The van der Waals surface area contributed by atoms with E-state index in [9.17, 15) is 4.39 Å². The van der Waals surface area contributed by atoms with Gasteiger partial charge in [0.1, 0.15) is 10.8 Å². The summed E-state index contributed by atoms with van der Waals surface area (Å²) in [5.74, 6) is -0.304. The van der Waals surface area contributed by atoms with Gasteiger partial charge in [-0.3, -0.25) is 0 Å². The fourth-order valence-corrected chi connectivity index (χ4v) is 2.69. The Hall–Kier alpha value is -1.13. The highest BCUT2D eigenvalue weighted by molar-refractivity contribution is 7.09. The Morgan fingerprint density at radius 1 is 1.37 bits per heavy atom. The molecule has 0 unspecified atom stereocenters. The third-order valence-corrected chi connectivity index (χ3v) is 3.86. The van der Waals surface area contributed by atoms with E-state index < -0.39 is 0 Å². The maximum absolute atomic E-state index is 13.1. The van der Waals surface area contributed by atoms with E-state index >= 15 is 0 Å². The standard InChI is InChI=1S/C14H16ClFN2S/c1-14(2,3)12-8-19-13(18-12)7-17-11-6-9(16)4-5-10(11)15/h4-6,8,17H,7H2,1-3H3. The first-order valence-corrected chi connectivity index (χ1v) is 7.26. The first-order chi connectivity index (χ1) is 8.86. The summed E-state index contributed by atoms with van der Waals surface area (Å²) in [6.07, 6.45) is 0. The lowest BCUT2D eigenvalue weighted by atomic mass is 9.93. The number of anilines is 1. The second kappa shape index (κ2) is 5.47. The highest BCUT2D eigenvalue weighted by Gasteiger charge is 2.17. The van der Waals surface area contributed by atoms with Crippen molar-refractivity contribution < 1.29 is 4.39 Å². The Balaban J connectivity index is 2.06. The Morgan fingerprint density at radius 3 is 2.74 bits per heavy atom. The third kappa shape index (κ3) is 3.67. The number of thiazole rings is 1. The summed E-state index contributed by atoms with van der Waals surface area (Å²) < 4.78 is 13.1. The zero-order chi connectivity index (χ0) is 14.0. The molecule has 0 amide bonds. The van der Waals surface area contributed by atoms with Crippen LogP contribution in [0.25, 0.3) is 0 Å². The smallest absolute Gasteiger partial charge is 0.125 e. The van der Waals surface area contributed by atoms with Crippen LogP contribution >= 0.6 is 22.9 Å². The summed E-state index contributed by atoms with van der Waals surface area (Å²) in [4.78, 5) is 4.57. The van der Waals surface area contributed by atoms with Gasteiger partial charge in [-0.25, -0.2) is 9.37 Å². The normalized spacial score (nSPS) is 11.6. The summed E-state index contributed by atoms with van der Waals surface area (Å²) >= 11 is 7.59. The van der Waals surface area contributed by atoms with Gasteiger partial charge in [-0.2, -0.15) is 0 Å². The molecule has 1 heterocycles. The first kappa shape index (κ1) is 14.3. The van der Waals surface area contributed by atoms with Gasteiger partial charge < -0.3 is 5.32 Å². The maximum atomic E-state index is 13.1. The lowest BCUT2D eigenvalue weighted by Crippen LogP contribution is -2.12. The Morgan fingerprint density at radius 2 is 2.11 bits per heavy atom. The van der Waals surface area contributed by atoms with Crippen molar-refractivity contribution in [2.24, 2.45) is 0 Å². The van der Waals surface area contributed by atoms with E-state index in [2.05, 4.69) is 36.5 Å². The van der Waals surface area contributed by atoms with E-state index in [0.29, 0.717) is 17.3 Å². The van der Waals surface area contributed by atoms with Crippen LogP contribution in [0.1, 0.15) is 31.5 Å². The molecule has 1 aromatic heterocycles. The lowest BCUT2D eigenvalue weighted by molar-refractivity contribution is 0.571. The van der Waals surface area contributed by atoms with Crippen molar-refractivity contribution in [3.8, 4) is 0 Å². The number of hydrogen-bond acceptors (Lipinski definition) is 3. The molecule has 0 saturated carbocycles. The summed E-state index contributed by atoms with van der Waals surface area (Å²) in [5.41, 5.74) is 1.71. The molecule has 0 radical (unpaired) electrons. The Kier molecular flexibility index (Phi) is 4.11. The fourth-order valence-electron chi connectivity index (χ4n) is 1.54. The molecule has 1 N–H and O–H groups in total. The molecule has 0 aliphatic heterocycles. The summed E-state index contributed by atoms with van der Waals surface area (Å²) in [6, 6.07) is 4.27. The Bertz CT molecular complexity index is 575. The molecule has 2 nitrogen and oxygen atoms in total. The third-order valence-electron chi connectivity index (χ3n) is 2.68. The number of hydrogen-bond donors (Lipinski definition) is 1. The number of rotatable bonds is 3. The number of aromatic nitrogens is 1. The molecule has 0 fully saturated rings. The number of nitrogens with zero attached hydrogens (tertiary/aromatic N) is 1. The molecule has 0 aliphatic rings. The van der Waals surface area contributed by atoms with Crippen LogP contribution in [0.3, 0.4) is 0 Å². The zero-order valence-electron chi connectivity index (χ0n) is 11.1. The van der Waals surface area contributed by atoms with Crippen molar-refractivity contribution in [2.75, 3.05) is 5.32 Å². The van der Waals surface area contributed by atoms with Crippen LogP contribution < -0.4 is 5.32 Å². The largest absolute Gasteiger partial charge is 0.377 e. The maximum Gasteiger partial charge on any atom is 0.125 e. The van der Waals surface area contributed by atoms with Gasteiger partial charge in [-0.15, -0.1) is 11.3 Å². The van der Waals surface area contributed by atoms with Crippen LogP contribution in [0.4, 0.5) is 10.1 Å². The van der Waals surface area contributed by atoms with Gasteiger partial charge in [0, 0.05) is 10.8 Å². The van der Waals surface area contributed by atoms with Gasteiger partial charge >= 0.3 is 0 Å². The molecule has 0 bridgehead atoms. The molecule has 2 aromatic rings. The molecule has 2 rings (SSSR count). The van der Waals surface area contributed by atoms with Crippen molar-refractivity contribution in [3.63, 3.8) is 0 Å². The van der Waals surface area contributed by atoms with Gasteiger partial charge in [0.25, 0.3) is 0 Å². The molecular weight excluding hydrogens is 283 g/mol. The average molecular weight is 299 g/mol.